The lowest BCUT2D eigenvalue weighted by Gasteiger charge is -2.21. The first-order valence-corrected chi connectivity index (χ1v) is 12.3. The molecule has 6 nitrogen and oxygen atoms in total. The van der Waals surface area contributed by atoms with E-state index in [0.29, 0.717) is 29.9 Å². The highest BCUT2D eigenvalue weighted by Crippen LogP contribution is 2.32. The Morgan fingerprint density at radius 3 is 2.51 bits per heavy atom. The number of methoxy groups -OCH3 is 1. The number of nitrogens with one attached hydrogen (secondary N) is 1. The van der Waals surface area contributed by atoms with Gasteiger partial charge in [0, 0.05) is 35.6 Å². The first kappa shape index (κ1) is 24.4. The molecule has 1 amide bonds. The minimum Gasteiger partial charge on any atom is -0.481 e. The van der Waals surface area contributed by atoms with Gasteiger partial charge < -0.3 is 15.8 Å². The van der Waals surface area contributed by atoms with Crippen LogP contribution in [-0.4, -0.2) is 23.0 Å². The average molecular weight is 497 g/mol. The molecule has 2 heterocycles. The summed E-state index contributed by atoms with van der Waals surface area (Å²) < 4.78 is 19.7. The normalized spacial score (nSPS) is 12.0. The standard InChI is InChI=1S/C30H29FN4O2/c1-4-18-13-28(32)35-17(2)25(18)15-34-30(36)22-8-6-20-9-19-5-7-21(10-23(19)12-24(20)11-22)26-16-33-29(37-3)14-27(26)31/h5-8,10-11,13-14,16H,4,9,12,15H2,1-3H3,(H2,32,35)(H,34,36). The van der Waals surface area contributed by atoms with E-state index in [0.717, 1.165) is 46.4 Å². The average Bonchev–Trinajstić information content (AvgIpc) is 2.90. The molecule has 4 aromatic rings. The quantitative estimate of drug-likeness (QED) is 0.339. The predicted molar refractivity (Wildman–Crippen MR) is 142 cm³/mol. The van der Waals surface area contributed by atoms with Gasteiger partial charge >= 0.3 is 0 Å². The summed E-state index contributed by atoms with van der Waals surface area (Å²) in [5, 5.41) is 3.04. The predicted octanol–water partition coefficient (Wildman–Crippen LogP) is 5.17. The molecule has 0 spiro atoms. The van der Waals surface area contributed by atoms with Crippen LogP contribution in [0.1, 0.15) is 56.4 Å². The van der Waals surface area contributed by atoms with Crippen molar-refractivity contribution in [2.45, 2.75) is 39.7 Å². The number of aryl methyl sites for hydroxylation is 2. The number of ether oxygens (including phenoxy) is 1. The second-order valence-corrected chi connectivity index (χ2v) is 9.33. The number of pyridine rings is 2. The van der Waals surface area contributed by atoms with Gasteiger partial charge in [-0.1, -0.05) is 31.2 Å². The van der Waals surface area contributed by atoms with E-state index in [1.165, 1.54) is 30.5 Å². The van der Waals surface area contributed by atoms with Crippen LogP contribution in [0.5, 0.6) is 5.88 Å². The van der Waals surface area contributed by atoms with E-state index in [1.54, 1.807) is 0 Å². The number of nitrogen functional groups attached to an aromatic ring is 1. The Hall–Kier alpha value is -4.26. The largest absolute Gasteiger partial charge is 0.481 e. The van der Waals surface area contributed by atoms with Crippen LogP contribution in [0.15, 0.2) is 54.7 Å². The van der Waals surface area contributed by atoms with Crippen molar-refractivity contribution in [3.05, 3.63) is 105 Å². The number of nitrogens with zero attached hydrogens (tertiary/aromatic N) is 2. The van der Waals surface area contributed by atoms with E-state index >= 15 is 0 Å². The molecule has 0 aliphatic heterocycles. The third-order valence-electron chi connectivity index (χ3n) is 7.03. The van der Waals surface area contributed by atoms with Gasteiger partial charge in [-0.3, -0.25) is 4.79 Å². The lowest BCUT2D eigenvalue weighted by molar-refractivity contribution is 0.0950. The van der Waals surface area contributed by atoms with Crippen LogP contribution in [0.4, 0.5) is 10.2 Å². The highest BCUT2D eigenvalue weighted by atomic mass is 19.1. The molecule has 0 saturated heterocycles. The molecular weight excluding hydrogens is 467 g/mol. The first-order chi connectivity index (χ1) is 17.9. The first-order valence-electron chi connectivity index (χ1n) is 12.3. The molecule has 0 bridgehead atoms. The smallest absolute Gasteiger partial charge is 0.251 e. The second kappa shape index (κ2) is 10.0. The zero-order valence-corrected chi connectivity index (χ0v) is 21.2. The maximum absolute atomic E-state index is 14.6. The molecule has 0 saturated carbocycles. The van der Waals surface area contributed by atoms with E-state index in [2.05, 4.69) is 22.2 Å². The van der Waals surface area contributed by atoms with Crippen LogP contribution in [0.3, 0.4) is 0 Å². The number of carbonyl (C=O) groups excluding carboxylic acids is 1. The Morgan fingerprint density at radius 1 is 1.05 bits per heavy atom. The number of halogens is 1. The Labute approximate surface area is 215 Å². The summed E-state index contributed by atoms with van der Waals surface area (Å²) in [6, 6.07) is 15.0. The number of carbonyl (C=O) groups is 1. The van der Waals surface area contributed by atoms with Crippen molar-refractivity contribution in [3.63, 3.8) is 0 Å². The van der Waals surface area contributed by atoms with Crippen LogP contribution in [0.25, 0.3) is 11.1 Å². The van der Waals surface area contributed by atoms with Gasteiger partial charge in [0.25, 0.3) is 5.91 Å². The van der Waals surface area contributed by atoms with Crippen LogP contribution in [-0.2, 0) is 25.8 Å². The van der Waals surface area contributed by atoms with E-state index in [-0.39, 0.29) is 17.6 Å². The lowest BCUT2D eigenvalue weighted by Crippen LogP contribution is -2.24. The van der Waals surface area contributed by atoms with E-state index < -0.39 is 0 Å². The molecule has 0 unspecified atom stereocenters. The molecule has 188 valence electrons. The van der Waals surface area contributed by atoms with Crippen molar-refractivity contribution >= 4 is 11.7 Å². The van der Waals surface area contributed by atoms with Crippen molar-refractivity contribution in [2.24, 2.45) is 0 Å². The van der Waals surface area contributed by atoms with Gasteiger partial charge in [0.15, 0.2) is 0 Å². The number of nitrogens with two attached hydrogens (primary N) is 1. The highest BCUT2D eigenvalue weighted by molar-refractivity contribution is 5.94. The minimum atomic E-state index is -0.375. The molecule has 0 atom stereocenters. The molecule has 0 fully saturated rings. The van der Waals surface area contributed by atoms with Gasteiger partial charge in [-0.05, 0) is 83.3 Å². The molecule has 1 aliphatic carbocycles. The number of benzene rings is 2. The molecule has 5 rings (SSSR count). The fourth-order valence-electron chi connectivity index (χ4n) is 5.00. The molecular formula is C30H29FN4O2. The number of aromatic nitrogens is 2. The zero-order chi connectivity index (χ0) is 26.1. The zero-order valence-electron chi connectivity index (χ0n) is 21.2. The molecule has 3 N–H and O–H groups in total. The molecule has 37 heavy (non-hydrogen) atoms. The Bertz CT molecular complexity index is 1520. The summed E-state index contributed by atoms with van der Waals surface area (Å²) in [5.41, 5.74) is 15.2. The Balaban J connectivity index is 1.35. The number of fused-ring (bicyclic) bond motifs is 2. The molecule has 7 heteroatoms. The number of rotatable bonds is 6. The van der Waals surface area contributed by atoms with Gasteiger partial charge in [-0.2, -0.15) is 0 Å². The van der Waals surface area contributed by atoms with E-state index in [4.69, 9.17) is 10.5 Å². The number of hydrogen-bond donors (Lipinski definition) is 2. The van der Waals surface area contributed by atoms with Gasteiger partial charge in [-0.25, -0.2) is 14.4 Å². The van der Waals surface area contributed by atoms with Crippen LogP contribution >= 0.6 is 0 Å². The van der Waals surface area contributed by atoms with Crippen molar-refractivity contribution < 1.29 is 13.9 Å². The fourth-order valence-corrected chi connectivity index (χ4v) is 5.00. The highest BCUT2D eigenvalue weighted by Gasteiger charge is 2.19. The topological polar surface area (TPSA) is 90.1 Å². The van der Waals surface area contributed by atoms with Gasteiger partial charge in [0.05, 0.1) is 7.11 Å². The van der Waals surface area contributed by atoms with Crippen molar-refractivity contribution in [3.8, 4) is 17.0 Å². The Morgan fingerprint density at radius 2 is 1.78 bits per heavy atom. The summed E-state index contributed by atoms with van der Waals surface area (Å²) in [7, 11) is 1.46. The summed E-state index contributed by atoms with van der Waals surface area (Å²) in [6.45, 7) is 4.37. The fraction of sp³-hybridized carbons (Fsp3) is 0.233. The third-order valence-corrected chi connectivity index (χ3v) is 7.03. The number of hydrogen-bond acceptors (Lipinski definition) is 5. The Kier molecular flexibility index (Phi) is 6.61. The van der Waals surface area contributed by atoms with Gasteiger partial charge in [0.1, 0.15) is 11.6 Å². The van der Waals surface area contributed by atoms with Crippen LogP contribution < -0.4 is 15.8 Å². The van der Waals surface area contributed by atoms with Crippen molar-refractivity contribution in [1.82, 2.24) is 15.3 Å². The monoisotopic (exact) mass is 496 g/mol. The summed E-state index contributed by atoms with van der Waals surface area (Å²) in [4.78, 5) is 21.5. The minimum absolute atomic E-state index is 0.132. The maximum Gasteiger partial charge on any atom is 0.251 e. The molecule has 1 aliphatic rings. The SMILES string of the molecule is CCc1cc(N)nc(C)c1CNC(=O)c1ccc2c(c1)Cc1cc(-c3cnc(OC)cc3F)ccc1C2. The maximum atomic E-state index is 14.6. The number of anilines is 1. The van der Waals surface area contributed by atoms with Crippen molar-refractivity contribution in [2.75, 3.05) is 12.8 Å². The van der Waals surface area contributed by atoms with Crippen LogP contribution in [0.2, 0.25) is 0 Å². The van der Waals surface area contributed by atoms with Crippen molar-refractivity contribution in [1.29, 1.82) is 0 Å². The second-order valence-electron chi connectivity index (χ2n) is 9.33. The van der Waals surface area contributed by atoms with Gasteiger partial charge in [0.2, 0.25) is 5.88 Å². The van der Waals surface area contributed by atoms with Crippen LogP contribution in [0, 0.1) is 12.7 Å². The van der Waals surface area contributed by atoms with E-state index in [9.17, 15) is 9.18 Å². The van der Waals surface area contributed by atoms with E-state index in [1.807, 2.05) is 49.4 Å². The molecule has 2 aromatic heterocycles. The summed E-state index contributed by atoms with van der Waals surface area (Å²) >= 11 is 0. The summed E-state index contributed by atoms with van der Waals surface area (Å²) in [5.74, 6) is 0.230. The molecule has 2 aromatic carbocycles. The third kappa shape index (κ3) is 4.89. The molecule has 0 radical (unpaired) electrons. The summed E-state index contributed by atoms with van der Waals surface area (Å²) in [6.07, 6.45) is 3.75. The lowest BCUT2D eigenvalue weighted by atomic mass is 9.84. The van der Waals surface area contributed by atoms with Gasteiger partial charge in [-0.15, -0.1) is 0 Å². The number of amides is 1.